The van der Waals surface area contributed by atoms with Gasteiger partial charge >= 0.3 is 0 Å². The van der Waals surface area contributed by atoms with E-state index in [4.69, 9.17) is 14.4 Å². The van der Waals surface area contributed by atoms with Crippen LogP contribution in [0.3, 0.4) is 0 Å². The summed E-state index contributed by atoms with van der Waals surface area (Å²) in [6.45, 7) is 0.0475. The van der Waals surface area contributed by atoms with E-state index in [2.05, 4.69) is 23.2 Å². The van der Waals surface area contributed by atoms with E-state index in [1.165, 1.54) is 5.56 Å². The number of oxazole rings is 1. The van der Waals surface area contributed by atoms with Gasteiger partial charge in [0.05, 0.1) is 6.20 Å². The minimum absolute atomic E-state index is 0.0475. The van der Waals surface area contributed by atoms with Crippen LogP contribution in [0.25, 0.3) is 22.1 Å². The summed E-state index contributed by atoms with van der Waals surface area (Å²) in [6, 6.07) is 24.0. The van der Waals surface area contributed by atoms with Crippen LogP contribution < -0.4 is 4.74 Å². The van der Waals surface area contributed by atoms with Crippen molar-refractivity contribution in [3.63, 3.8) is 0 Å². The van der Waals surface area contributed by atoms with Crippen LogP contribution in [0.5, 0.6) is 5.75 Å². The van der Waals surface area contributed by atoms with E-state index >= 15 is 0 Å². The SMILES string of the molecule is N#CCOc1ccc2cc(-c3cnc(Cc4ccccc4)o3)ccc2c1. The summed E-state index contributed by atoms with van der Waals surface area (Å²) >= 11 is 0. The van der Waals surface area contributed by atoms with E-state index in [1.807, 2.05) is 54.6 Å². The Morgan fingerprint density at radius 3 is 2.62 bits per heavy atom. The Labute approximate surface area is 151 Å². The highest BCUT2D eigenvalue weighted by Crippen LogP contribution is 2.28. The number of hydrogen-bond donors (Lipinski definition) is 0. The van der Waals surface area contributed by atoms with Crippen molar-refractivity contribution in [2.75, 3.05) is 6.61 Å². The maximum atomic E-state index is 8.61. The summed E-state index contributed by atoms with van der Waals surface area (Å²) in [4.78, 5) is 4.40. The Kier molecular flexibility index (Phi) is 4.36. The molecule has 4 rings (SSSR count). The van der Waals surface area contributed by atoms with Gasteiger partial charge in [-0.3, -0.25) is 0 Å². The van der Waals surface area contributed by atoms with Crippen molar-refractivity contribution in [3.8, 4) is 23.1 Å². The van der Waals surface area contributed by atoms with Crippen LogP contribution in [0.1, 0.15) is 11.5 Å². The van der Waals surface area contributed by atoms with Gasteiger partial charge in [0.15, 0.2) is 18.3 Å². The van der Waals surface area contributed by atoms with E-state index in [0.29, 0.717) is 18.1 Å². The van der Waals surface area contributed by atoms with Crippen molar-refractivity contribution >= 4 is 10.8 Å². The number of hydrogen-bond acceptors (Lipinski definition) is 4. The van der Waals surface area contributed by atoms with Gasteiger partial charge < -0.3 is 9.15 Å². The third kappa shape index (κ3) is 3.42. The number of benzene rings is 3. The van der Waals surface area contributed by atoms with Crippen LogP contribution in [0.4, 0.5) is 0 Å². The minimum atomic E-state index is 0.0475. The van der Waals surface area contributed by atoms with Gasteiger partial charge in [-0.25, -0.2) is 4.98 Å². The fraction of sp³-hybridized carbons (Fsp3) is 0.0909. The molecule has 0 saturated carbocycles. The van der Waals surface area contributed by atoms with Crippen LogP contribution in [-0.2, 0) is 6.42 Å². The molecule has 0 aliphatic carbocycles. The molecule has 4 heteroatoms. The van der Waals surface area contributed by atoms with E-state index in [-0.39, 0.29) is 6.61 Å². The molecular formula is C22H16N2O2. The summed E-state index contributed by atoms with van der Waals surface area (Å²) < 4.78 is 11.3. The molecule has 0 saturated heterocycles. The largest absolute Gasteiger partial charge is 0.479 e. The van der Waals surface area contributed by atoms with E-state index in [9.17, 15) is 0 Å². The zero-order valence-corrected chi connectivity index (χ0v) is 14.1. The predicted octanol–water partition coefficient (Wildman–Crippen LogP) is 4.99. The lowest BCUT2D eigenvalue weighted by Gasteiger charge is -2.05. The molecule has 0 amide bonds. The quantitative estimate of drug-likeness (QED) is 0.513. The monoisotopic (exact) mass is 340 g/mol. The molecule has 0 unspecified atom stereocenters. The Bertz CT molecular complexity index is 1080. The lowest BCUT2D eigenvalue weighted by molar-refractivity contribution is 0.368. The van der Waals surface area contributed by atoms with Crippen molar-refractivity contribution in [1.82, 2.24) is 4.98 Å². The van der Waals surface area contributed by atoms with Crippen LogP contribution >= 0.6 is 0 Å². The third-order valence-electron chi connectivity index (χ3n) is 4.15. The fourth-order valence-corrected chi connectivity index (χ4v) is 2.88. The molecule has 0 aliphatic heterocycles. The van der Waals surface area contributed by atoms with Crippen LogP contribution in [0, 0.1) is 11.3 Å². The van der Waals surface area contributed by atoms with Gasteiger partial charge in [0.1, 0.15) is 11.8 Å². The molecule has 0 N–H and O–H groups in total. The summed E-state index contributed by atoms with van der Waals surface area (Å²) in [5.74, 6) is 2.14. The summed E-state index contributed by atoms with van der Waals surface area (Å²) in [7, 11) is 0. The highest BCUT2D eigenvalue weighted by atomic mass is 16.5. The Balaban J connectivity index is 1.58. The zero-order valence-electron chi connectivity index (χ0n) is 14.1. The smallest absolute Gasteiger partial charge is 0.199 e. The molecular weight excluding hydrogens is 324 g/mol. The molecule has 4 nitrogen and oxygen atoms in total. The average Bonchev–Trinajstić information content (AvgIpc) is 3.15. The first-order valence-electron chi connectivity index (χ1n) is 8.34. The molecule has 126 valence electrons. The zero-order chi connectivity index (χ0) is 17.8. The highest BCUT2D eigenvalue weighted by Gasteiger charge is 2.08. The van der Waals surface area contributed by atoms with Crippen molar-refractivity contribution in [2.45, 2.75) is 6.42 Å². The van der Waals surface area contributed by atoms with Gasteiger partial charge in [0.25, 0.3) is 0 Å². The maximum Gasteiger partial charge on any atom is 0.199 e. The van der Waals surface area contributed by atoms with E-state index < -0.39 is 0 Å². The molecule has 1 heterocycles. The van der Waals surface area contributed by atoms with Crippen molar-refractivity contribution < 1.29 is 9.15 Å². The van der Waals surface area contributed by atoms with Gasteiger partial charge in [0.2, 0.25) is 0 Å². The van der Waals surface area contributed by atoms with Crippen LogP contribution in [0.15, 0.2) is 77.3 Å². The molecule has 0 fully saturated rings. The number of ether oxygens (including phenoxy) is 1. The minimum Gasteiger partial charge on any atom is -0.479 e. The average molecular weight is 340 g/mol. The second kappa shape index (κ2) is 7.12. The van der Waals surface area contributed by atoms with Crippen molar-refractivity contribution in [1.29, 1.82) is 5.26 Å². The van der Waals surface area contributed by atoms with Gasteiger partial charge in [-0.1, -0.05) is 48.5 Å². The van der Waals surface area contributed by atoms with E-state index in [1.54, 1.807) is 6.20 Å². The first kappa shape index (κ1) is 15.9. The topological polar surface area (TPSA) is 59.0 Å². The number of nitriles is 1. The molecule has 26 heavy (non-hydrogen) atoms. The van der Waals surface area contributed by atoms with Crippen molar-refractivity contribution in [2.24, 2.45) is 0 Å². The predicted molar refractivity (Wildman–Crippen MR) is 99.8 cm³/mol. The number of rotatable bonds is 5. The number of nitrogens with zero attached hydrogens (tertiary/aromatic N) is 2. The Morgan fingerprint density at radius 1 is 0.962 bits per heavy atom. The molecule has 0 spiro atoms. The molecule has 4 aromatic rings. The van der Waals surface area contributed by atoms with Crippen molar-refractivity contribution in [3.05, 3.63) is 84.4 Å². The number of fused-ring (bicyclic) bond motifs is 1. The Morgan fingerprint density at radius 2 is 1.77 bits per heavy atom. The molecule has 0 aliphatic rings. The molecule has 3 aromatic carbocycles. The lowest BCUT2D eigenvalue weighted by atomic mass is 10.1. The first-order valence-corrected chi connectivity index (χ1v) is 8.34. The van der Waals surface area contributed by atoms with E-state index in [0.717, 1.165) is 22.1 Å². The van der Waals surface area contributed by atoms with Gasteiger partial charge in [-0.2, -0.15) is 5.26 Å². The second-order valence-corrected chi connectivity index (χ2v) is 5.95. The second-order valence-electron chi connectivity index (χ2n) is 5.95. The Hall–Kier alpha value is -3.58. The fourth-order valence-electron chi connectivity index (χ4n) is 2.88. The van der Waals surface area contributed by atoms with Gasteiger partial charge in [-0.15, -0.1) is 0 Å². The highest BCUT2D eigenvalue weighted by molar-refractivity contribution is 5.87. The molecule has 0 radical (unpaired) electrons. The summed E-state index contributed by atoms with van der Waals surface area (Å²) in [6.07, 6.45) is 2.44. The third-order valence-corrected chi connectivity index (χ3v) is 4.15. The first-order chi connectivity index (χ1) is 12.8. The van der Waals surface area contributed by atoms with Gasteiger partial charge in [0, 0.05) is 12.0 Å². The molecule has 1 aromatic heterocycles. The molecule has 0 bridgehead atoms. The standard InChI is InChI=1S/C22H16N2O2/c23-10-11-25-20-9-8-17-13-19(7-6-18(17)14-20)21-15-24-22(26-21)12-16-4-2-1-3-5-16/h1-9,13-15H,11-12H2. The van der Waals surface area contributed by atoms with Crippen LogP contribution in [0.2, 0.25) is 0 Å². The maximum absolute atomic E-state index is 8.61. The molecule has 0 atom stereocenters. The van der Waals surface area contributed by atoms with Crippen LogP contribution in [-0.4, -0.2) is 11.6 Å². The summed E-state index contributed by atoms with van der Waals surface area (Å²) in [5.41, 5.74) is 2.15. The lowest BCUT2D eigenvalue weighted by Crippen LogP contribution is -1.92. The normalized spacial score (nSPS) is 10.6. The van der Waals surface area contributed by atoms with Gasteiger partial charge in [-0.05, 0) is 34.5 Å². The number of aromatic nitrogens is 1. The summed E-state index contributed by atoms with van der Waals surface area (Å²) in [5, 5.41) is 10.7.